The molecule has 0 amide bonds. The van der Waals surface area contributed by atoms with Crippen molar-refractivity contribution in [2.45, 2.75) is 12.5 Å². The SMILES string of the molecule is OCCOC[C@@H]1CC(c2ccc(Br)cn2)=NO1. The Morgan fingerprint density at radius 2 is 2.41 bits per heavy atom. The van der Waals surface area contributed by atoms with E-state index >= 15 is 0 Å². The van der Waals surface area contributed by atoms with Crippen LogP contribution in [0, 0.1) is 0 Å². The lowest BCUT2D eigenvalue weighted by atomic mass is 10.1. The Hall–Kier alpha value is -0.980. The lowest BCUT2D eigenvalue weighted by molar-refractivity contribution is -0.00633. The minimum atomic E-state index is -0.0815. The number of aliphatic hydroxyl groups excluding tert-OH is 1. The molecular formula is C11H13BrN2O3. The van der Waals surface area contributed by atoms with Gasteiger partial charge in [0.15, 0.2) is 6.10 Å². The van der Waals surface area contributed by atoms with Crippen LogP contribution in [0.2, 0.25) is 0 Å². The molecule has 1 aliphatic heterocycles. The zero-order chi connectivity index (χ0) is 12.1. The largest absolute Gasteiger partial charge is 0.394 e. The van der Waals surface area contributed by atoms with Crippen LogP contribution in [0.25, 0.3) is 0 Å². The van der Waals surface area contributed by atoms with Crippen molar-refractivity contribution >= 4 is 21.6 Å². The Bertz CT molecular complexity index is 394. The summed E-state index contributed by atoms with van der Waals surface area (Å²) in [6, 6.07) is 3.81. The summed E-state index contributed by atoms with van der Waals surface area (Å²) in [4.78, 5) is 9.48. The van der Waals surface area contributed by atoms with Crippen molar-refractivity contribution in [3.63, 3.8) is 0 Å². The summed E-state index contributed by atoms with van der Waals surface area (Å²) >= 11 is 3.33. The molecule has 2 rings (SSSR count). The molecule has 1 aliphatic rings. The average Bonchev–Trinajstić information content (AvgIpc) is 2.79. The highest BCUT2D eigenvalue weighted by Crippen LogP contribution is 2.17. The molecule has 6 heteroatoms. The minimum Gasteiger partial charge on any atom is -0.394 e. The molecule has 0 saturated carbocycles. The third-order valence-electron chi connectivity index (χ3n) is 2.30. The number of halogens is 1. The second-order valence-electron chi connectivity index (χ2n) is 3.63. The molecule has 0 bridgehead atoms. The Labute approximate surface area is 108 Å². The van der Waals surface area contributed by atoms with Crippen molar-refractivity contribution in [2.75, 3.05) is 19.8 Å². The van der Waals surface area contributed by atoms with Gasteiger partial charge in [0.25, 0.3) is 0 Å². The molecular weight excluding hydrogens is 288 g/mol. The fraction of sp³-hybridized carbons (Fsp3) is 0.455. The average molecular weight is 301 g/mol. The van der Waals surface area contributed by atoms with Gasteiger partial charge in [0, 0.05) is 17.1 Å². The van der Waals surface area contributed by atoms with Gasteiger partial charge in [0.2, 0.25) is 0 Å². The third-order valence-corrected chi connectivity index (χ3v) is 2.76. The van der Waals surface area contributed by atoms with Crippen molar-refractivity contribution in [1.29, 1.82) is 0 Å². The van der Waals surface area contributed by atoms with Crippen molar-refractivity contribution < 1.29 is 14.7 Å². The van der Waals surface area contributed by atoms with Gasteiger partial charge in [-0.15, -0.1) is 0 Å². The maximum Gasteiger partial charge on any atom is 0.156 e. The van der Waals surface area contributed by atoms with E-state index in [0.717, 1.165) is 15.9 Å². The molecule has 1 atom stereocenters. The molecule has 17 heavy (non-hydrogen) atoms. The molecule has 1 N–H and O–H groups in total. The lowest BCUT2D eigenvalue weighted by Crippen LogP contribution is -2.17. The van der Waals surface area contributed by atoms with E-state index in [1.165, 1.54) is 0 Å². The zero-order valence-corrected chi connectivity index (χ0v) is 10.8. The van der Waals surface area contributed by atoms with Gasteiger partial charge in [-0.05, 0) is 28.1 Å². The Kier molecular flexibility index (Phi) is 4.47. The Morgan fingerprint density at radius 1 is 1.53 bits per heavy atom. The molecule has 0 saturated heterocycles. The van der Waals surface area contributed by atoms with Crippen molar-refractivity contribution in [3.8, 4) is 0 Å². The zero-order valence-electron chi connectivity index (χ0n) is 9.17. The van der Waals surface area contributed by atoms with Crippen molar-refractivity contribution in [3.05, 3.63) is 28.5 Å². The molecule has 0 unspecified atom stereocenters. The monoisotopic (exact) mass is 300 g/mol. The van der Waals surface area contributed by atoms with Crippen molar-refractivity contribution in [2.24, 2.45) is 5.16 Å². The van der Waals surface area contributed by atoms with Crippen LogP contribution in [0.3, 0.4) is 0 Å². The number of oxime groups is 1. The summed E-state index contributed by atoms with van der Waals surface area (Å²) in [6.45, 7) is 0.782. The fourth-order valence-electron chi connectivity index (χ4n) is 1.49. The predicted octanol–water partition coefficient (Wildman–Crippen LogP) is 1.35. The van der Waals surface area contributed by atoms with Crippen LogP contribution in [0.4, 0.5) is 0 Å². The topological polar surface area (TPSA) is 63.9 Å². The van der Waals surface area contributed by atoms with Gasteiger partial charge < -0.3 is 14.7 Å². The number of hydrogen-bond acceptors (Lipinski definition) is 5. The summed E-state index contributed by atoms with van der Waals surface area (Å²) in [6.07, 6.45) is 2.33. The number of ether oxygens (including phenoxy) is 1. The molecule has 2 heterocycles. The van der Waals surface area contributed by atoms with Gasteiger partial charge >= 0.3 is 0 Å². The molecule has 92 valence electrons. The van der Waals surface area contributed by atoms with Gasteiger partial charge in [0.1, 0.15) is 5.71 Å². The second kappa shape index (κ2) is 6.09. The van der Waals surface area contributed by atoms with Crippen LogP contribution in [-0.2, 0) is 9.57 Å². The number of rotatable bonds is 5. The highest BCUT2D eigenvalue weighted by atomic mass is 79.9. The van der Waals surface area contributed by atoms with E-state index in [2.05, 4.69) is 26.1 Å². The first-order valence-corrected chi connectivity index (χ1v) is 6.12. The quantitative estimate of drug-likeness (QED) is 0.834. The third kappa shape index (κ3) is 3.49. The first kappa shape index (κ1) is 12.5. The lowest BCUT2D eigenvalue weighted by Gasteiger charge is -2.07. The molecule has 0 radical (unpaired) electrons. The molecule has 0 fully saturated rings. The normalized spacial score (nSPS) is 18.9. The summed E-state index contributed by atoms with van der Waals surface area (Å²) < 4.78 is 6.13. The van der Waals surface area contributed by atoms with Gasteiger partial charge in [-0.25, -0.2) is 0 Å². The van der Waals surface area contributed by atoms with E-state index in [1.54, 1.807) is 6.20 Å². The van der Waals surface area contributed by atoms with E-state index < -0.39 is 0 Å². The second-order valence-corrected chi connectivity index (χ2v) is 4.55. The Morgan fingerprint density at radius 3 is 3.12 bits per heavy atom. The van der Waals surface area contributed by atoms with Crippen LogP contribution in [-0.4, -0.2) is 41.7 Å². The number of aliphatic hydroxyl groups is 1. The highest BCUT2D eigenvalue weighted by molar-refractivity contribution is 9.10. The van der Waals surface area contributed by atoms with E-state index in [4.69, 9.17) is 14.7 Å². The Balaban J connectivity index is 1.86. The minimum absolute atomic E-state index is 0.0225. The van der Waals surface area contributed by atoms with E-state index in [9.17, 15) is 0 Å². The smallest absolute Gasteiger partial charge is 0.156 e. The number of nitrogens with zero attached hydrogens (tertiary/aromatic N) is 2. The van der Waals surface area contributed by atoms with Gasteiger partial charge in [-0.2, -0.15) is 0 Å². The fourth-order valence-corrected chi connectivity index (χ4v) is 1.73. The first-order valence-electron chi connectivity index (χ1n) is 5.33. The standard InChI is InChI=1S/C11H13BrN2O3/c12-8-1-2-10(13-6-8)11-5-9(17-14-11)7-16-4-3-15/h1-2,6,9,15H,3-5,7H2/t9-/m0/s1. The maximum absolute atomic E-state index is 8.59. The van der Waals surface area contributed by atoms with Crippen LogP contribution >= 0.6 is 15.9 Å². The molecule has 0 aromatic carbocycles. The van der Waals surface area contributed by atoms with Crippen LogP contribution < -0.4 is 0 Å². The summed E-state index contributed by atoms with van der Waals surface area (Å²) in [5, 5.41) is 12.6. The number of aromatic nitrogens is 1. The molecule has 1 aromatic rings. The van der Waals surface area contributed by atoms with Gasteiger partial charge in [0.05, 0.1) is 25.5 Å². The van der Waals surface area contributed by atoms with Crippen LogP contribution in [0.1, 0.15) is 12.1 Å². The van der Waals surface area contributed by atoms with Crippen LogP contribution in [0.5, 0.6) is 0 Å². The first-order chi connectivity index (χ1) is 8.29. The molecule has 0 aliphatic carbocycles. The molecule has 0 spiro atoms. The van der Waals surface area contributed by atoms with Crippen molar-refractivity contribution in [1.82, 2.24) is 4.98 Å². The van der Waals surface area contributed by atoms with Gasteiger partial charge in [-0.3, -0.25) is 4.98 Å². The van der Waals surface area contributed by atoms with E-state index in [0.29, 0.717) is 19.6 Å². The summed E-state index contributed by atoms with van der Waals surface area (Å²) in [5.74, 6) is 0. The molecule has 1 aromatic heterocycles. The highest BCUT2D eigenvalue weighted by Gasteiger charge is 2.22. The number of pyridine rings is 1. The molecule has 5 nitrogen and oxygen atoms in total. The van der Waals surface area contributed by atoms with E-state index in [-0.39, 0.29) is 12.7 Å². The predicted molar refractivity (Wildman–Crippen MR) is 65.9 cm³/mol. The summed E-state index contributed by atoms with van der Waals surface area (Å²) in [5.41, 5.74) is 1.65. The maximum atomic E-state index is 8.59. The van der Waals surface area contributed by atoms with E-state index in [1.807, 2.05) is 12.1 Å². The van der Waals surface area contributed by atoms with Gasteiger partial charge in [-0.1, -0.05) is 5.16 Å². The number of hydrogen-bond donors (Lipinski definition) is 1. The van der Waals surface area contributed by atoms with Crippen LogP contribution in [0.15, 0.2) is 28.0 Å². The summed E-state index contributed by atoms with van der Waals surface area (Å²) in [7, 11) is 0.